The molecule has 18 heavy (non-hydrogen) atoms. The Hall–Kier alpha value is -0.900. The van der Waals surface area contributed by atoms with Crippen molar-refractivity contribution in [2.24, 2.45) is 17.8 Å². The Balaban J connectivity index is 1.70. The summed E-state index contributed by atoms with van der Waals surface area (Å²) in [6.45, 7) is 0.682. The highest BCUT2D eigenvalue weighted by Gasteiger charge is 2.56. The second kappa shape index (κ2) is 3.56. The molecule has 5 aliphatic rings. The Morgan fingerprint density at radius 2 is 1.33 bits per heavy atom. The lowest BCUT2D eigenvalue weighted by Crippen LogP contribution is -2.67. The highest BCUT2D eigenvalue weighted by atomic mass is 16.2. The lowest BCUT2D eigenvalue weighted by atomic mass is 9.52. The van der Waals surface area contributed by atoms with Crippen molar-refractivity contribution in [1.82, 2.24) is 10.2 Å². The third-order valence-electron chi connectivity index (χ3n) is 5.53. The molecular formula is C14H20N2O2. The lowest BCUT2D eigenvalue weighted by Gasteiger charge is -2.60. The first-order valence-corrected chi connectivity index (χ1v) is 7.23. The van der Waals surface area contributed by atoms with Gasteiger partial charge in [0.1, 0.15) is 0 Å². The average molecular weight is 248 g/mol. The van der Waals surface area contributed by atoms with Crippen LogP contribution in [-0.4, -0.2) is 35.3 Å². The van der Waals surface area contributed by atoms with Gasteiger partial charge in [-0.1, -0.05) is 0 Å². The molecule has 4 aliphatic carbocycles. The first kappa shape index (κ1) is 11.0. The van der Waals surface area contributed by atoms with Gasteiger partial charge in [-0.3, -0.25) is 19.8 Å². The molecule has 1 saturated heterocycles. The zero-order valence-corrected chi connectivity index (χ0v) is 10.7. The molecule has 0 aromatic rings. The largest absolute Gasteiger partial charge is 0.300 e. The number of carbonyl (C=O) groups excluding carboxylic acids is 2. The van der Waals surface area contributed by atoms with E-state index in [1.165, 1.54) is 19.3 Å². The number of hydrogen-bond acceptors (Lipinski definition) is 3. The second-order valence-electron chi connectivity index (χ2n) is 6.87. The highest BCUT2D eigenvalue weighted by Crippen LogP contribution is 2.57. The van der Waals surface area contributed by atoms with Gasteiger partial charge in [-0.25, -0.2) is 0 Å². The number of imide groups is 1. The van der Waals surface area contributed by atoms with E-state index in [1.807, 2.05) is 0 Å². The summed E-state index contributed by atoms with van der Waals surface area (Å²) in [7, 11) is 0. The predicted molar refractivity (Wildman–Crippen MR) is 65.6 cm³/mol. The van der Waals surface area contributed by atoms with Gasteiger partial charge in [0.2, 0.25) is 11.8 Å². The van der Waals surface area contributed by atoms with Crippen LogP contribution in [0.2, 0.25) is 0 Å². The molecule has 5 fully saturated rings. The van der Waals surface area contributed by atoms with E-state index in [9.17, 15) is 9.59 Å². The van der Waals surface area contributed by atoms with E-state index in [0.29, 0.717) is 13.1 Å². The number of carbonyl (C=O) groups is 2. The Labute approximate surface area is 107 Å². The Kier molecular flexibility index (Phi) is 2.17. The average Bonchev–Trinajstić information content (AvgIpc) is 2.26. The molecule has 0 spiro atoms. The van der Waals surface area contributed by atoms with Crippen molar-refractivity contribution in [3.05, 3.63) is 0 Å². The molecule has 0 radical (unpaired) electrons. The number of hydrogen-bond donors (Lipinski definition) is 1. The maximum absolute atomic E-state index is 12.2. The molecule has 0 atom stereocenters. The molecule has 5 rings (SSSR count). The zero-order valence-electron chi connectivity index (χ0n) is 10.7. The van der Waals surface area contributed by atoms with E-state index in [0.717, 1.165) is 37.0 Å². The lowest BCUT2D eigenvalue weighted by molar-refractivity contribution is -0.166. The SMILES string of the molecule is O=C1CNCC(=O)N1C12CC3CC(CC(C3)C1)C2. The molecule has 0 unspecified atom stereocenters. The van der Waals surface area contributed by atoms with Crippen molar-refractivity contribution in [3.8, 4) is 0 Å². The number of amides is 2. The van der Waals surface area contributed by atoms with Crippen molar-refractivity contribution >= 4 is 11.8 Å². The molecule has 4 bridgehead atoms. The minimum atomic E-state index is -0.0922. The monoisotopic (exact) mass is 248 g/mol. The maximum Gasteiger partial charge on any atom is 0.243 e. The Morgan fingerprint density at radius 1 is 0.889 bits per heavy atom. The molecule has 4 heteroatoms. The molecule has 1 N–H and O–H groups in total. The van der Waals surface area contributed by atoms with E-state index in [2.05, 4.69) is 5.32 Å². The summed E-state index contributed by atoms with van der Waals surface area (Å²) in [5.74, 6) is 2.33. The first-order valence-electron chi connectivity index (χ1n) is 7.23. The number of nitrogens with zero attached hydrogens (tertiary/aromatic N) is 1. The first-order chi connectivity index (χ1) is 8.66. The molecule has 4 nitrogen and oxygen atoms in total. The second-order valence-corrected chi connectivity index (χ2v) is 6.87. The van der Waals surface area contributed by atoms with Crippen LogP contribution in [0.5, 0.6) is 0 Å². The van der Waals surface area contributed by atoms with Crippen LogP contribution in [0, 0.1) is 17.8 Å². The number of nitrogens with one attached hydrogen (secondary N) is 1. The highest BCUT2D eigenvalue weighted by molar-refractivity contribution is 6.00. The van der Waals surface area contributed by atoms with Gasteiger partial charge in [-0.2, -0.15) is 0 Å². The van der Waals surface area contributed by atoms with Gasteiger partial charge in [-0.05, 0) is 56.3 Å². The molecular weight excluding hydrogens is 228 g/mol. The summed E-state index contributed by atoms with van der Waals surface area (Å²) in [4.78, 5) is 26.0. The van der Waals surface area contributed by atoms with Crippen LogP contribution >= 0.6 is 0 Å². The Morgan fingerprint density at radius 3 is 1.78 bits per heavy atom. The van der Waals surface area contributed by atoms with Crippen LogP contribution in [0.25, 0.3) is 0 Å². The van der Waals surface area contributed by atoms with Gasteiger partial charge < -0.3 is 0 Å². The topological polar surface area (TPSA) is 49.4 Å². The van der Waals surface area contributed by atoms with Gasteiger partial charge in [0, 0.05) is 0 Å². The molecule has 1 heterocycles. The van der Waals surface area contributed by atoms with Crippen molar-refractivity contribution in [1.29, 1.82) is 0 Å². The van der Waals surface area contributed by atoms with Crippen LogP contribution in [0.4, 0.5) is 0 Å². The van der Waals surface area contributed by atoms with Crippen LogP contribution in [0.1, 0.15) is 38.5 Å². The summed E-state index contributed by atoms with van der Waals surface area (Å²) in [6, 6.07) is 0. The van der Waals surface area contributed by atoms with Crippen molar-refractivity contribution in [3.63, 3.8) is 0 Å². The van der Waals surface area contributed by atoms with Gasteiger partial charge in [0.15, 0.2) is 0 Å². The maximum atomic E-state index is 12.2. The fourth-order valence-electron chi connectivity index (χ4n) is 5.44. The smallest absolute Gasteiger partial charge is 0.243 e. The van der Waals surface area contributed by atoms with Crippen LogP contribution < -0.4 is 5.32 Å². The summed E-state index contributed by atoms with van der Waals surface area (Å²) in [5.41, 5.74) is -0.0922. The van der Waals surface area contributed by atoms with Gasteiger partial charge in [0.05, 0.1) is 18.6 Å². The Bertz CT molecular complexity index is 367. The van der Waals surface area contributed by atoms with E-state index in [-0.39, 0.29) is 17.4 Å². The summed E-state index contributed by atoms with van der Waals surface area (Å²) in [5, 5.41) is 2.91. The van der Waals surface area contributed by atoms with E-state index in [4.69, 9.17) is 0 Å². The standard InChI is InChI=1S/C14H20N2O2/c17-12-7-15-8-13(18)16(12)14-4-9-1-10(5-14)3-11(2-9)6-14/h9-11,15H,1-8H2. The minimum Gasteiger partial charge on any atom is -0.300 e. The van der Waals surface area contributed by atoms with E-state index >= 15 is 0 Å². The molecule has 2 amide bonds. The molecule has 4 saturated carbocycles. The quantitative estimate of drug-likeness (QED) is 0.702. The summed E-state index contributed by atoms with van der Waals surface area (Å²) < 4.78 is 0. The molecule has 0 aromatic heterocycles. The molecule has 1 aliphatic heterocycles. The predicted octanol–water partition coefficient (Wildman–Crippen LogP) is 0.914. The molecule has 98 valence electrons. The van der Waals surface area contributed by atoms with Crippen LogP contribution in [0.3, 0.4) is 0 Å². The van der Waals surface area contributed by atoms with Gasteiger partial charge >= 0.3 is 0 Å². The zero-order chi connectivity index (χ0) is 12.3. The van der Waals surface area contributed by atoms with Crippen molar-refractivity contribution < 1.29 is 9.59 Å². The van der Waals surface area contributed by atoms with Crippen LogP contribution in [-0.2, 0) is 9.59 Å². The van der Waals surface area contributed by atoms with E-state index in [1.54, 1.807) is 4.90 Å². The van der Waals surface area contributed by atoms with Gasteiger partial charge in [-0.15, -0.1) is 0 Å². The minimum absolute atomic E-state index is 0.00759. The number of rotatable bonds is 1. The third-order valence-corrected chi connectivity index (χ3v) is 5.53. The number of piperazine rings is 1. The van der Waals surface area contributed by atoms with E-state index < -0.39 is 0 Å². The van der Waals surface area contributed by atoms with Crippen LogP contribution in [0.15, 0.2) is 0 Å². The fourth-order valence-corrected chi connectivity index (χ4v) is 5.44. The fraction of sp³-hybridized carbons (Fsp3) is 0.857. The summed E-state index contributed by atoms with van der Waals surface area (Å²) in [6.07, 6.45) is 7.26. The molecule has 0 aromatic carbocycles. The van der Waals surface area contributed by atoms with Crippen molar-refractivity contribution in [2.45, 2.75) is 44.1 Å². The summed E-state index contributed by atoms with van der Waals surface area (Å²) >= 11 is 0. The van der Waals surface area contributed by atoms with Crippen molar-refractivity contribution in [2.75, 3.05) is 13.1 Å². The normalized spacial score (nSPS) is 46.9. The van der Waals surface area contributed by atoms with Gasteiger partial charge in [0.25, 0.3) is 0 Å². The third kappa shape index (κ3) is 1.41.